The van der Waals surface area contributed by atoms with Crippen molar-refractivity contribution in [1.82, 2.24) is 24.5 Å². The van der Waals surface area contributed by atoms with Crippen LogP contribution in [0, 0.1) is 11.8 Å². The molecule has 6 rings (SSSR count). The first-order valence-corrected chi connectivity index (χ1v) is 14.8. The molecule has 230 valence electrons. The van der Waals surface area contributed by atoms with Gasteiger partial charge in [-0.1, -0.05) is 24.6 Å². The van der Waals surface area contributed by atoms with Crippen molar-refractivity contribution in [3.8, 4) is 0 Å². The van der Waals surface area contributed by atoms with E-state index in [0.29, 0.717) is 61.6 Å². The predicted octanol–water partition coefficient (Wildman–Crippen LogP) is 4.00. The van der Waals surface area contributed by atoms with Crippen molar-refractivity contribution >= 4 is 40.2 Å². The fourth-order valence-electron chi connectivity index (χ4n) is 6.59. The Kier molecular flexibility index (Phi) is 7.99. The number of nitrogens with one attached hydrogen (secondary N) is 2. The molecule has 1 saturated carbocycles. The third-order valence-corrected chi connectivity index (χ3v) is 9.00. The number of anilines is 2. The van der Waals surface area contributed by atoms with Crippen molar-refractivity contribution in [2.45, 2.75) is 51.4 Å². The van der Waals surface area contributed by atoms with Crippen LogP contribution in [0.2, 0.25) is 5.02 Å². The van der Waals surface area contributed by atoms with Crippen molar-refractivity contribution in [2.75, 3.05) is 43.5 Å². The Morgan fingerprint density at radius 1 is 1.23 bits per heavy atom. The van der Waals surface area contributed by atoms with Crippen LogP contribution in [-0.4, -0.2) is 64.5 Å². The molecule has 1 aromatic carbocycles. The number of hydrogen-bond acceptors (Lipinski definition) is 7. The van der Waals surface area contributed by atoms with E-state index in [-0.39, 0.29) is 34.7 Å². The van der Waals surface area contributed by atoms with E-state index in [2.05, 4.69) is 21.8 Å². The van der Waals surface area contributed by atoms with Crippen LogP contribution < -0.4 is 21.1 Å². The summed E-state index contributed by atoms with van der Waals surface area (Å²) in [7, 11) is 1.73. The highest BCUT2D eigenvalue weighted by molar-refractivity contribution is 6.33. The second kappa shape index (κ2) is 11.6. The van der Waals surface area contributed by atoms with Crippen LogP contribution in [0.3, 0.4) is 0 Å². The normalized spacial score (nSPS) is 22.2. The van der Waals surface area contributed by atoms with Gasteiger partial charge in [-0.15, -0.1) is 5.10 Å². The maximum atomic E-state index is 13.9. The van der Waals surface area contributed by atoms with Gasteiger partial charge in [0.2, 0.25) is 11.7 Å². The Labute approximate surface area is 250 Å². The minimum Gasteiger partial charge on any atom is -0.381 e. The van der Waals surface area contributed by atoms with Crippen molar-refractivity contribution < 1.29 is 22.7 Å². The van der Waals surface area contributed by atoms with Gasteiger partial charge in [0, 0.05) is 33.3 Å². The van der Waals surface area contributed by atoms with Gasteiger partial charge < -0.3 is 24.8 Å². The van der Waals surface area contributed by atoms with Crippen molar-refractivity contribution in [3.63, 3.8) is 0 Å². The lowest BCUT2D eigenvalue weighted by molar-refractivity contribution is -0.137. The first-order chi connectivity index (χ1) is 20.6. The lowest BCUT2D eigenvalue weighted by Crippen LogP contribution is -2.47. The van der Waals surface area contributed by atoms with Gasteiger partial charge in [-0.3, -0.25) is 9.59 Å². The van der Waals surface area contributed by atoms with Crippen molar-refractivity contribution in [1.29, 1.82) is 0 Å². The monoisotopic (exact) mass is 619 g/mol. The van der Waals surface area contributed by atoms with E-state index in [4.69, 9.17) is 21.3 Å². The number of alkyl halides is 3. The van der Waals surface area contributed by atoms with Gasteiger partial charge in [0.05, 0.1) is 28.1 Å². The number of aromatic nitrogens is 4. The van der Waals surface area contributed by atoms with E-state index in [1.807, 2.05) is 11.8 Å². The number of methoxy groups -OCH3 is 1. The highest BCUT2D eigenvalue weighted by Crippen LogP contribution is 2.46. The van der Waals surface area contributed by atoms with Crippen molar-refractivity contribution in [2.24, 2.45) is 11.8 Å². The summed E-state index contributed by atoms with van der Waals surface area (Å²) in [6.07, 6.45) is 0.980. The first kappa shape index (κ1) is 29.6. The van der Waals surface area contributed by atoms with Gasteiger partial charge in [-0.25, -0.2) is 0 Å². The molecule has 3 aromatic rings. The number of amides is 1. The Hall–Kier alpha value is -3.42. The van der Waals surface area contributed by atoms with Gasteiger partial charge >= 0.3 is 6.18 Å². The quantitative estimate of drug-likeness (QED) is 0.412. The molecular formula is C29H33ClF3N7O3. The Balaban J connectivity index is 1.38. The predicted molar refractivity (Wildman–Crippen MR) is 156 cm³/mol. The molecule has 3 aliphatic rings. The van der Waals surface area contributed by atoms with E-state index in [1.165, 1.54) is 4.52 Å². The highest BCUT2D eigenvalue weighted by atomic mass is 35.5. The van der Waals surface area contributed by atoms with Crippen LogP contribution in [0.5, 0.6) is 0 Å². The van der Waals surface area contributed by atoms with E-state index in [1.54, 1.807) is 11.7 Å². The molecule has 1 saturated heterocycles. The van der Waals surface area contributed by atoms with E-state index < -0.39 is 17.6 Å². The molecule has 2 aromatic heterocycles. The van der Waals surface area contributed by atoms with Crippen LogP contribution in [0.15, 0.2) is 29.1 Å². The van der Waals surface area contributed by atoms with Crippen LogP contribution in [0.25, 0.3) is 11.4 Å². The van der Waals surface area contributed by atoms with Crippen LogP contribution in [-0.2, 0) is 28.7 Å². The van der Waals surface area contributed by atoms with Crippen molar-refractivity contribution in [3.05, 3.63) is 56.7 Å². The minimum atomic E-state index is -4.56. The summed E-state index contributed by atoms with van der Waals surface area (Å²) in [5.41, 5.74) is 0.915. The maximum absolute atomic E-state index is 13.9. The molecule has 1 aliphatic heterocycles. The number of rotatable bonds is 7. The fraction of sp³-hybridized carbons (Fsp3) is 0.517. The molecular weight excluding hydrogens is 587 g/mol. The molecule has 2 N–H and O–H groups in total. The zero-order chi connectivity index (χ0) is 30.5. The average molecular weight is 620 g/mol. The molecule has 14 heteroatoms. The summed E-state index contributed by atoms with van der Waals surface area (Å²) in [5, 5.41) is 10.3. The summed E-state index contributed by atoms with van der Waals surface area (Å²) in [6, 6.07) is 2.77. The molecule has 0 spiro atoms. The summed E-state index contributed by atoms with van der Waals surface area (Å²) < 4.78 is 47.8. The number of benzene rings is 1. The third-order valence-electron chi connectivity index (χ3n) is 8.69. The maximum Gasteiger partial charge on any atom is 0.416 e. The molecule has 2 fully saturated rings. The largest absolute Gasteiger partial charge is 0.416 e. The summed E-state index contributed by atoms with van der Waals surface area (Å²) in [4.78, 5) is 34.1. The molecule has 3 unspecified atom stereocenters. The van der Waals surface area contributed by atoms with Gasteiger partial charge in [-0.05, 0) is 61.3 Å². The summed E-state index contributed by atoms with van der Waals surface area (Å²) >= 11 is 6.10. The number of ether oxygens (including phenoxy) is 1. The van der Waals surface area contributed by atoms with Gasteiger partial charge in [0.1, 0.15) is 12.2 Å². The smallest absolute Gasteiger partial charge is 0.381 e. The molecule has 0 radical (unpaired) electrons. The fourth-order valence-corrected chi connectivity index (χ4v) is 6.82. The Bertz CT molecular complexity index is 1640. The number of halogens is 4. The van der Waals surface area contributed by atoms with Gasteiger partial charge in [0.25, 0.3) is 5.56 Å². The Morgan fingerprint density at radius 2 is 2.00 bits per heavy atom. The van der Waals surface area contributed by atoms with E-state index >= 15 is 0 Å². The molecule has 0 bridgehead atoms. The van der Waals surface area contributed by atoms with Gasteiger partial charge in [-0.2, -0.15) is 22.7 Å². The zero-order valence-electron chi connectivity index (χ0n) is 23.9. The third kappa shape index (κ3) is 5.65. The standard InChI is InChI=1S/C29H33ClF3N7O3/c1-3-23-25(38-8-6-34-7-9-38)27(42)40-28(36-26(37-40)18-10-16-12-20(43-2)13-17(16)11-18)39(23)15-24(41)35-22-5-4-19(14-21(22)30)29(31,32)33/h4-5,10,14,16-17,20,34H,3,6-9,11-13,15H2,1-2H3,(H,35,41). The molecule has 2 aliphatic carbocycles. The average Bonchev–Trinajstić information content (AvgIpc) is 3.69. The number of hydrogen-bond donors (Lipinski definition) is 2. The lowest BCUT2D eigenvalue weighted by Gasteiger charge is -2.31. The SMILES string of the molecule is CCc1c(N2CCNCC2)c(=O)n2nc(C3=CC4CC(OC)CC4C3)nc2n1CC(=O)Nc1ccc(C(F)(F)F)cc1Cl. The van der Waals surface area contributed by atoms with E-state index in [0.717, 1.165) is 43.0 Å². The molecule has 43 heavy (non-hydrogen) atoms. The zero-order valence-corrected chi connectivity index (χ0v) is 24.6. The Morgan fingerprint density at radius 3 is 2.65 bits per heavy atom. The van der Waals surface area contributed by atoms with Crippen LogP contribution in [0.4, 0.5) is 24.5 Å². The first-order valence-electron chi connectivity index (χ1n) is 14.5. The molecule has 3 heterocycles. The molecule has 1 amide bonds. The topological polar surface area (TPSA) is 106 Å². The molecule has 3 atom stereocenters. The number of nitrogens with zero attached hydrogens (tertiary/aromatic N) is 5. The highest BCUT2D eigenvalue weighted by Gasteiger charge is 2.39. The number of carbonyl (C=O) groups excluding carboxylic acids is 1. The second-order valence-corrected chi connectivity index (χ2v) is 11.7. The summed E-state index contributed by atoms with van der Waals surface area (Å²) in [5.74, 6) is 0.967. The second-order valence-electron chi connectivity index (χ2n) is 11.3. The number of carbonyl (C=O) groups is 1. The van der Waals surface area contributed by atoms with Crippen LogP contribution >= 0.6 is 11.6 Å². The van der Waals surface area contributed by atoms with Gasteiger partial charge in [0.15, 0.2) is 5.82 Å². The minimum absolute atomic E-state index is 0.0521. The number of piperazine rings is 1. The summed E-state index contributed by atoms with van der Waals surface area (Å²) in [6.45, 7) is 4.28. The molecule has 10 nitrogen and oxygen atoms in total. The lowest BCUT2D eigenvalue weighted by atomic mass is 10.00. The van der Waals surface area contributed by atoms with Crippen LogP contribution in [0.1, 0.15) is 43.3 Å². The number of allylic oxidation sites excluding steroid dienone is 2. The van der Waals surface area contributed by atoms with E-state index in [9.17, 15) is 22.8 Å². The number of fused-ring (bicyclic) bond motifs is 2.